The van der Waals surface area contributed by atoms with E-state index in [2.05, 4.69) is 0 Å². The third-order valence-electron chi connectivity index (χ3n) is 5.02. The van der Waals surface area contributed by atoms with Crippen LogP contribution in [0.4, 0.5) is 4.39 Å². The molecule has 4 rings (SSSR count). The van der Waals surface area contributed by atoms with Gasteiger partial charge in [0, 0.05) is 24.1 Å². The number of likely N-dealkylation sites (tertiary alicyclic amines) is 1. The van der Waals surface area contributed by atoms with Crippen molar-refractivity contribution in [2.75, 3.05) is 19.7 Å². The van der Waals surface area contributed by atoms with Crippen LogP contribution in [0.1, 0.15) is 22.3 Å². The lowest BCUT2D eigenvalue weighted by Gasteiger charge is -2.47. The predicted molar refractivity (Wildman–Crippen MR) is 89.2 cm³/mol. The molecule has 2 fully saturated rings. The molecule has 0 aromatic heterocycles. The van der Waals surface area contributed by atoms with Crippen LogP contribution in [0.25, 0.3) is 0 Å². The second-order valence-corrected chi connectivity index (χ2v) is 6.99. The summed E-state index contributed by atoms with van der Waals surface area (Å²) in [5.74, 6) is -0.111. The molecule has 2 saturated heterocycles. The minimum Gasteiger partial charge on any atom is -0.377 e. The first-order valence-electron chi connectivity index (χ1n) is 8.34. The van der Waals surface area contributed by atoms with Gasteiger partial charge in [-0.05, 0) is 42.7 Å². The normalized spacial score (nSPS) is 21.7. The minimum atomic E-state index is -0.211. The van der Waals surface area contributed by atoms with Gasteiger partial charge in [-0.2, -0.15) is 0 Å². The quantitative estimate of drug-likeness (QED) is 0.866. The number of hydrogen-bond donors (Lipinski definition) is 0. The van der Waals surface area contributed by atoms with Gasteiger partial charge in [-0.1, -0.05) is 30.3 Å². The molecule has 0 bridgehead atoms. The van der Waals surface area contributed by atoms with E-state index in [0.717, 1.165) is 37.1 Å². The van der Waals surface area contributed by atoms with Crippen molar-refractivity contribution in [3.63, 3.8) is 0 Å². The number of nitrogens with zero attached hydrogens (tertiary/aromatic N) is 1. The predicted octanol–water partition coefficient (Wildman–Crippen LogP) is 3.30. The van der Waals surface area contributed by atoms with Crippen LogP contribution in [-0.4, -0.2) is 36.6 Å². The van der Waals surface area contributed by atoms with E-state index in [0.29, 0.717) is 6.61 Å². The largest absolute Gasteiger partial charge is 0.377 e. The monoisotopic (exact) mass is 325 g/mol. The highest BCUT2D eigenvalue weighted by Crippen LogP contribution is 2.42. The van der Waals surface area contributed by atoms with E-state index in [4.69, 9.17) is 4.74 Å². The number of ether oxygens (including phenoxy) is 1. The van der Waals surface area contributed by atoms with Gasteiger partial charge in [0.2, 0.25) is 0 Å². The smallest absolute Gasteiger partial charge is 0.253 e. The Morgan fingerprint density at radius 2 is 1.83 bits per heavy atom. The summed E-state index contributed by atoms with van der Waals surface area (Å²) < 4.78 is 18.9. The highest BCUT2D eigenvalue weighted by atomic mass is 19.1. The topological polar surface area (TPSA) is 29.5 Å². The van der Waals surface area contributed by atoms with E-state index in [1.54, 1.807) is 0 Å². The van der Waals surface area contributed by atoms with Crippen molar-refractivity contribution in [1.29, 1.82) is 0 Å². The van der Waals surface area contributed by atoms with E-state index in [1.165, 1.54) is 12.1 Å². The number of rotatable bonds is 3. The molecule has 0 radical (unpaired) electrons. The third kappa shape index (κ3) is 2.94. The van der Waals surface area contributed by atoms with Gasteiger partial charge in [0.1, 0.15) is 5.82 Å². The van der Waals surface area contributed by atoms with Crippen molar-refractivity contribution in [2.45, 2.75) is 18.9 Å². The lowest BCUT2D eigenvalue weighted by Crippen LogP contribution is -2.58. The molecule has 1 atom stereocenters. The molecule has 2 heterocycles. The molecule has 2 aliphatic heterocycles. The third-order valence-corrected chi connectivity index (χ3v) is 5.02. The summed E-state index contributed by atoms with van der Waals surface area (Å²) in [6.45, 7) is 2.23. The average molecular weight is 325 g/mol. The Morgan fingerprint density at radius 3 is 2.54 bits per heavy atom. The SMILES string of the molecule is O=C(c1ccccc1)N1CC2(CO[C@H](Cc3ccc(F)cc3)C2)C1. The molecule has 2 aromatic rings. The summed E-state index contributed by atoms with van der Waals surface area (Å²) in [7, 11) is 0. The van der Waals surface area contributed by atoms with Crippen LogP contribution in [0.3, 0.4) is 0 Å². The molecule has 1 amide bonds. The summed E-state index contributed by atoms with van der Waals surface area (Å²) in [6.07, 6.45) is 1.92. The van der Waals surface area contributed by atoms with Crippen LogP contribution in [0, 0.1) is 11.2 Å². The first-order chi connectivity index (χ1) is 11.6. The van der Waals surface area contributed by atoms with Gasteiger partial charge in [0.25, 0.3) is 5.91 Å². The summed E-state index contributed by atoms with van der Waals surface area (Å²) in [4.78, 5) is 14.3. The van der Waals surface area contributed by atoms with Crippen molar-refractivity contribution in [2.24, 2.45) is 5.41 Å². The second kappa shape index (κ2) is 6.02. The zero-order valence-electron chi connectivity index (χ0n) is 13.5. The lowest BCUT2D eigenvalue weighted by molar-refractivity contribution is -0.00133. The number of carbonyl (C=O) groups is 1. The molecule has 3 nitrogen and oxygen atoms in total. The minimum absolute atomic E-state index is 0.100. The first kappa shape index (κ1) is 15.3. The molecule has 1 spiro atoms. The van der Waals surface area contributed by atoms with Crippen molar-refractivity contribution < 1.29 is 13.9 Å². The van der Waals surface area contributed by atoms with E-state index in [-0.39, 0.29) is 23.2 Å². The second-order valence-electron chi connectivity index (χ2n) is 6.99. The van der Waals surface area contributed by atoms with Gasteiger partial charge in [-0.3, -0.25) is 4.79 Å². The number of carbonyl (C=O) groups excluding carboxylic acids is 1. The van der Waals surface area contributed by atoms with Crippen molar-refractivity contribution >= 4 is 5.91 Å². The standard InChI is InChI=1S/C20H20FNO2/c21-17-8-6-15(7-9-17)10-18-11-20(14-24-18)12-22(13-20)19(23)16-4-2-1-3-5-16/h1-9,18H,10-14H2/t18-/m1/s1. The van der Waals surface area contributed by atoms with Gasteiger partial charge in [0.15, 0.2) is 0 Å². The molecule has 24 heavy (non-hydrogen) atoms. The van der Waals surface area contributed by atoms with Crippen LogP contribution in [0.2, 0.25) is 0 Å². The van der Waals surface area contributed by atoms with Crippen LogP contribution < -0.4 is 0 Å². The van der Waals surface area contributed by atoms with Gasteiger partial charge >= 0.3 is 0 Å². The number of halogens is 1. The van der Waals surface area contributed by atoms with E-state index in [1.807, 2.05) is 47.4 Å². The molecule has 4 heteroatoms. The molecular weight excluding hydrogens is 305 g/mol. The van der Waals surface area contributed by atoms with Crippen LogP contribution in [-0.2, 0) is 11.2 Å². The Morgan fingerprint density at radius 1 is 1.12 bits per heavy atom. The summed E-state index contributed by atoms with van der Waals surface area (Å²) in [5, 5.41) is 0. The molecule has 0 aliphatic carbocycles. The Kier molecular flexibility index (Phi) is 3.85. The molecule has 2 aromatic carbocycles. The van der Waals surface area contributed by atoms with Gasteiger partial charge in [-0.25, -0.2) is 4.39 Å². The fourth-order valence-electron chi connectivity index (χ4n) is 3.80. The summed E-state index contributed by atoms with van der Waals surface area (Å²) >= 11 is 0. The summed E-state index contributed by atoms with van der Waals surface area (Å²) in [6, 6.07) is 16.0. The van der Waals surface area contributed by atoms with Crippen molar-refractivity contribution in [1.82, 2.24) is 4.90 Å². The average Bonchev–Trinajstić information content (AvgIpc) is 3.00. The molecular formula is C20H20FNO2. The van der Waals surface area contributed by atoms with E-state index >= 15 is 0 Å². The zero-order chi connectivity index (χ0) is 16.6. The first-order valence-corrected chi connectivity index (χ1v) is 8.34. The maximum absolute atomic E-state index is 13.0. The van der Waals surface area contributed by atoms with Crippen LogP contribution in [0.15, 0.2) is 54.6 Å². The number of hydrogen-bond acceptors (Lipinski definition) is 2. The van der Waals surface area contributed by atoms with Crippen LogP contribution in [0.5, 0.6) is 0 Å². The van der Waals surface area contributed by atoms with Crippen LogP contribution >= 0.6 is 0 Å². The Labute approximate surface area is 141 Å². The van der Waals surface area contributed by atoms with Gasteiger partial charge in [0.05, 0.1) is 12.7 Å². The number of benzene rings is 2. The fourth-order valence-corrected chi connectivity index (χ4v) is 3.80. The van der Waals surface area contributed by atoms with Crippen molar-refractivity contribution in [3.05, 3.63) is 71.5 Å². The molecule has 0 unspecified atom stereocenters. The van der Waals surface area contributed by atoms with Gasteiger partial charge < -0.3 is 9.64 Å². The maximum atomic E-state index is 13.0. The summed E-state index contributed by atoms with van der Waals surface area (Å²) in [5.41, 5.74) is 1.94. The highest BCUT2D eigenvalue weighted by molar-refractivity contribution is 5.94. The molecule has 2 aliphatic rings. The van der Waals surface area contributed by atoms with E-state index in [9.17, 15) is 9.18 Å². The Balaban J connectivity index is 1.33. The lowest BCUT2D eigenvalue weighted by atomic mass is 9.77. The van der Waals surface area contributed by atoms with E-state index < -0.39 is 0 Å². The Bertz CT molecular complexity index is 723. The maximum Gasteiger partial charge on any atom is 0.253 e. The molecule has 0 N–H and O–H groups in total. The Hall–Kier alpha value is -2.20. The van der Waals surface area contributed by atoms with Crippen molar-refractivity contribution in [3.8, 4) is 0 Å². The van der Waals surface area contributed by atoms with Gasteiger partial charge in [-0.15, -0.1) is 0 Å². The molecule has 124 valence electrons. The highest BCUT2D eigenvalue weighted by Gasteiger charge is 2.50. The fraction of sp³-hybridized carbons (Fsp3) is 0.350. The zero-order valence-corrected chi connectivity index (χ0v) is 13.5. The molecule has 0 saturated carbocycles. The number of amides is 1.